The van der Waals surface area contributed by atoms with Crippen LogP contribution in [-0.2, 0) is 6.54 Å². The summed E-state index contributed by atoms with van der Waals surface area (Å²) >= 11 is 0. The largest absolute Gasteiger partial charge is 0.490 e. The van der Waals surface area contributed by atoms with Crippen molar-refractivity contribution in [1.82, 2.24) is 9.78 Å². The summed E-state index contributed by atoms with van der Waals surface area (Å²) < 4.78 is 13.0. The van der Waals surface area contributed by atoms with E-state index in [4.69, 9.17) is 9.47 Å². The molecule has 0 bridgehead atoms. The van der Waals surface area contributed by atoms with Gasteiger partial charge in [0.1, 0.15) is 5.82 Å². The van der Waals surface area contributed by atoms with Gasteiger partial charge in [0.25, 0.3) is 5.91 Å². The van der Waals surface area contributed by atoms with E-state index in [0.29, 0.717) is 42.6 Å². The number of carbonyl (C=O) groups excluding carboxylic acids is 1. The first-order valence-electron chi connectivity index (χ1n) is 9.40. The lowest BCUT2D eigenvalue weighted by molar-refractivity contribution is 0.102. The minimum absolute atomic E-state index is 0.224. The summed E-state index contributed by atoms with van der Waals surface area (Å²) in [4.78, 5) is 12.8. The molecule has 0 saturated carbocycles. The molecular weight excluding hydrogens is 354 g/mol. The van der Waals surface area contributed by atoms with Crippen molar-refractivity contribution in [2.24, 2.45) is 0 Å². The van der Waals surface area contributed by atoms with E-state index >= 15 is 0 Å². The zero-order valence-corrected chi connectivity index (χ0v) is 16.4. The monoisotopic (exact) mass is 379 g/mol. The van der Waals surface area contributed by atoms with Crippen LogP contribution in [0.3, 0.4) is 0 Å². The number of hydrogen-bond donors (Lipinski definition) is 1. The first kappa shape index (κ1) is 19.5. The molecule has 1 aromatic heterocycles. The van der Waals surface area contributed by atoms with Gasteiger partial charge in [-0.15, -0.1) is 0 Å². The fourth-order valence-electron chi connectivity index (χ4n) is 2.90. The summed E-state index contributed by atoms with van der Waals surface area (Å²) in [5.74, 6) is 1.62. The molecule has 0 aliphatic carbocycles. The number of amides is 1. The minimum Gasteiger partial charge on any atom is -0.490 e. The molecule has 0 radical (unpaired) electrons. The maximum absolute atomic E-state index is 12.8. The van der Waals surface area contributed by atoms with Crippen LogP contribution >= 0.6 is 0 Å². The number of anilines is 1. The van der Waals surface area contributed by atoms with Gasteiger partial charge in [-0.2, -0.15) is 5.10 Å². The topological polar surface area (TPSA) is 65.4 Å². The highest BCUT2D eigenvalue weighted by Gasteiger charge is 2.14. The number of carbonyl (C=O) groups is 1. The van der Waals surface area contributed by atoms with E-state index in [1.165, 1.54) is 0 Å². The molecule has 0 fully saturated rings. The average Bonchev–Trinajstić information content (AvgIpc) is 3.03. The smallest absolute Gasteiger partial charge is 0.256 e. The molecule has 1 amide bonds. The van der Waals surface area contributed by atoms with Gasteiger partial charge in [0, 0.05) is 11.6 Å². The van der Waals surface area contributed by atoms with Gasteiger partial charge in [0.2, 0.25) is 0 Å². The molecule has 28 heavy (non-hydrogen) atoms. The molecular formula is C22H25N3O3. The zero-order valence-electron chi connectivity index (χ0n) is 16.4. The Hall–Kier alpha value is -3.28. The number of aromatic nitrogens is 2. The Labute approximate surface area is 165 Å². The van der Waals surface area contributed by atoms with E-state index in [1.54, 1.807) is 22.9 Å². The second-order valence-electron chi connectivity index (χ2n) is 6.30. The summed E-state index contributed by atoms with van der Waals surface area (Å²) in [6.45, 7) is 7.32. The molecule has 1 heterocycles. The highest BCUT2D eigenvalue weighted by molar-refractivity contribution is 6.04. The molecule has 0 aliphatic rings. The maximum Gasteiger partial charge on any atom is 0.256 e. The van der Waals surface area contributed by atoms with Gasteiger partial charge in [-0.25, -0.2) is 4.68 Å². The third-order valence-corrected chi connectivity index (χ3v) is 4.12. The van der Waals surface area contributed by atoms with E-state index in [0.717, 1.165) is 11.3 Å². The number of nitrogens with zero attached hydrogens (tertiary/aromatic N) is 2. The maximum atomic E-state index is 12.8. The standard InChI is InChI=1S/C22H25N3O3/c1-4-27-19-12-11-18(14-20(19)28-5-2)22(26)23-21-13-16(3)24-25(21)15-17-9-7-6-8-10-17/h6-14H,4-5,15H2,1-3H3,(H,23,26). The second kappa shape index (κ2) is 9.08. The first-order valence-corrected chi connectivity index (χ1v) is 9.40. The number of nitrogens with one attached hydrogen (secondary N) is 1. The van der Waals surface area contributed by atoms with Gasteiger partial charge in [-0.05, 0) is 44.5 Å². The lowest BCUT2D eigenvalue weighted by Crippen LogP contribution is -2.16. The molecule has 3 aromatic rings. The zero-order chi connectivity index (χ0) is 19.9. The number of aryl methyl sites for hydroxylation is 1. The van der Waals surface area contributed by atoms with Crippen molar-refractivity contribution in [3.05, 3.63) is 71.4 Å². The van der Waals surface area contributed by atoms with Crippen LogP contribution in [0.4, 0.5) is 5.82 Å². The molecule has 0 unspecified atom stereocenters. The predicted octanol–water partition coefficient (Wildman–Crippen LogP) is 4.29. The van der Waals surface area contributed by atoms with Gasteiger partial charge in [0.15, 0.2) is 11.5 Å². The van der Waals surface area contributed by atoms with Gasteiger partial charge in [-0.1, -0.05) is 30.3 Å². The Kier molecular flexibility index (Phi) is 6.32. The third-order valence-electron chi connectivity index (χ3n) is 4.12. The molecule has 0 saturated heterocycles. The molecule has 6 heteroatoms. The quantitative estimate of drug-likeness (QED) is 0.634. The summed E-state index contributed by atoms with van der Waals surface area (Å²) in [6, 6.07) is 17.1. The molecule has 1 N–H and O–H groups in total. The van der Waals surface area contributed by atoms with Crippen LogP contribution in [0.25, 0.3) is 0 Å². The average molecular weight is 379 g/mol. The lowest BCUT2D eigenvalue weighted by atomic mass is 10.2. The summed E-state index contributed by atoms with van der Waals surface area (Å²) in [5, 5.41) is 7.45. The molecule has 6 nitrogen and oxygen atoms in total. The van der Waals surface area contributed by atoms with Crippen molar-refractivity contribution in [2.75, 3.05) is 18.5 Å². The Morgan fingerprint density at radius 2 is 1.71 bits per heavy atom. The summed E-state index contributed by atoms with van der Waals surface area (Å²) in [7, 11) is 0. The fraction of sp³-hybridized carbons (Fsp3) is 0.273. The van der Waals surface area contributed by atoms with Crippen molar-refractivity contribution in [3.8, 4) is 11.5 Å². The lowest BCUT2D eigenvalue weighted by Gasteiger charge is -2.13. The first-order chi connectivity index (χ1) is 13.6. The number of rotatable bonds is 8. The second-order valence-corrected chi connectivity index (χ2v) is 6.30. The third kappa shape index (κ3) is 4.71. The van der Waals surface area contributed by atoms with E-state index in [2.05, 4.69) is 10.4 Å². The number of hydrogen-bond acceptors (Lipinski definition) is 4. The van der Waals surface area contributed by atoms with Crippen LogP contribution < -0.4 is 14.8 Å². The fourth-order valence-corrected chi connectivity index (χ4v) is 2.90. The molecule has 0 aliphatic heterocycles. The van der Waals surface area contributed by atoms with Crippen molar-refractivity contribution >= 4 is 11.7 Å². The van der Waals surface area contributed by atoms with E-state index < -0.39 is 0 Å². The van der Waals surface area contributed by atoms with Gasteiger partial charge in [-0.3, -0.25) is 4.79 Å². The van der Waals surface area contributed by atoms with E-state index in [1.807, 2.05) is 57.2 Å². The molecule has 0 atom stereocenters. The highest BCUT2D eigenvalue weighted by Crippen LogP contribution is 2.29. The van der Waals surface area contributed by atoms with Crippen molar-refractivity contribution in [1.29, 1.82) is 0 Å². The Morgan fingerprint density at radius 3 is 2.43 bits per heavy atom. The predicted molar refractivity (Wildman–Crippen MR) is 109 cm³/mol. The summed E-state index contributed by atoms with van der Waals surface area (Å²) in [6.07, 6.45) is 0. The van der Waals surface area contributed by atoms with Crippen molar-refractivity contribution < 1.29 is 14.3 Å². The SMILES string of the molecule is CCOc1ccc(C(=O)Nc2cc(C)nn2Cc2ccccc2)cc1OCC. The van der Waals surface area contributed by atoms with Crippen LogP contribution in [0.1, 0.15) is 35.5 Å². The van der Waals surface area contributed by atoms with Crippen LogP contribution in [0.15, 0.2) is 54.6 Å². The minimum atomic E-state index is -0.224. The highest BCUT2D eigenvalue weighted by atomic mass is 16.5. The Balaban J connectivity index is 1.80. The normalized spacial score (nSPS) is 10.5. The van der Waals surface area contributed by atoms with Crippen LogP contribution in [0.5, 0.6) is 11.5 Å². The van der Waals surface area contributed by atoms with Crippen LogP contribution in [-0.4, -0.2) is 28.9 Å². The van der Waals surface area contributed by atoms with Gasteiger partial charge in [0.05, 0.1) is 25.5 Å². The Bertz CT molecular complexity index is 935. The summed E-state index contributed by atoms with van der Waals surface area (Å²) in [5.41, 5.74) is 2.45. The van der Waals surface area contributed by atoms with Crippen LogP contribution in [0.2, 0.25) is 0 Å². The molecule has 2 aromatic carbocycles. The van der Waals surface area contributed by atoms with E-state index in [9.17, 15) is 4.79 Å². The molecule has 0 spiro atoms. The van der Waals surface area contributed by atoms with Gasteiger partial charge < -0.3 is 14.8 Å². The molecule has 146 valence electrons. The van der Waals surface area contributed by atoms with Crippen molar-refractivity contribution in [3.63, 3.8) is 0 Å². The number of benzene rings is 2. The van der Waals surface area contributed by atoms with Gasteiger partial charge >= 0.3 is 0 Å². The van der Waals surface area contributed by atoms with Crippen molar-refractivity contribution in [2.45, 2.75) is 27.3 Å². The Morgan fingerprint density at radius 1 is 1.00 bits per heavy atom. The van der Waals surface area contributed by atoms with Crippen LogP contribution in [0, 0.1) is 6.92 Å². The molecule has 3 rings (SSSR count). The number of ether oxygens (including phenoxy) is 2. The van der Waals surface area contributed by atoms with E-state index in [-0.39, 0.29) is 5.91 Å².